The monoisotopic (exact) mass is 299 g/mol. The molecule has 1 fully saturated rings. The lowest BCUT2D eigenvalue weighted by Gasteiger charge is -2.29. The van der Waals surface area contributed by atoms with E-state index in [1.54, 1.807) is 6.92 Å². The lowest BCUT2D eigenvalue weighted by Crippen LogP contribution is -2.33. The molecule has 0 aliphatic carbocycles. The van der Waals surface area contributed by atoms with Gasteiger partial charge in [-0.3, -0.25) is 9.69 Å². The smallest absolute Gasteiger partial charge is 0.318 e. The normalized spacial score (nSPS) is 21.6. The largest absolute Gasteiger partial charge is 0.465 e. The van der Waals surface area contributed by atoms with Gasteiger partial charge in [-0.1, -0.05) is 12.1 Å². The molecule has 0 amide bonds. The van der Waals surface area contributed by atoms with Gasteiger partial charge in [0.15, 0.2) is 5.82 Å². The molecule has 112 valence electrons. The maximum Gasteiger partial charge on any atom is 0.318 e. The van der Waals surface area contributed by atoms with E-state index >= 15 is 0 Å². The van der Waals surface area contributed by atoms with Crippen LogP contribution in [0.3, 0.4) is 0 Å². The minimum Gasteiger partial charge on any atom is -0.465 e. The van der Waals surface area contributed by atoms with Crippen molar-refractivity contribution >= 4 is 17.7 Å². The quantitative estimate of drug-likeness (QED) is 0.768. The van der Waals surface area contributed by atoms with E-state index in [9.17, 15) is 4.79 Å². The number of thioether (sulfide) groups is 1. The van der Waals surface area contributed by atoms with Crippen molar-refractivity contribution in [3.05, 3.63) is 11.7 Å². The fraction of sp³-hybridized carbons (Fsp3) is 0.769. The molecule has 20 heavy (non-hydrogen) atoms. The SMILES string of the molecule is CCOC(=O)C(CC)c1nc(C2CSCCN2C)no1. The predicted molar refractivity (Wildman–Crippen MR) is 76.7 cm³/mol. The van der Waals surface area contributed by atoms with E-state index in [0.29, 0.717) is 24.7 Å². The molecular formula is C13H21N3O3S. The molecule has 1 aromatic rings. The molecule has 0 saturated carbocycles. The molecule has 2 unspecified atom stereocenters. The average Bonchev–Trinajstić information content (AvgIpc) is 2.90. The van der Waals surface area contributed by atoms with Crippen LogP contribution in [0.5, 0.6) is 0 Å². The summed E-state index contributed by atoms with van der Waals surface area (Å²) < 4.78 is 10.3. The van der Waals surface area contributed by atoms with Crippen molar-refractivity contribution in [1.82, 2.24) is 15.0 Å². The molecule has 1 aliphatic heterocycles. The summed E-state index contributed by atoms with van der Waals surface area (Å²) in [5.74, 6) is 2.35. The van der Waals surface area contributed by atoms with E-state index in [2.05, 4.69) is 22.1 Å². The highest BCUT2D eigenvalue weighted by molar-refractivity contribution is 7.99. The predicted octanol–water partition coefficient (Wildman–Crippen LogP) is 1.85. The van der Waals surface area contributed by atoms with Crippen molar-refractivity contribution < 1.29 is 14.1 Å². The van der Waals surface area contributed by atoms with E-state index in [4.69, 9.17) is 9.26 Å². The Bertz CT molecular complexity index is 452. The van der Waals surface area contributed by atoms with Crippen LogP contribution in [0.2, 0.25) is 0 Å². The molecule has 0 bridgehead atoms. The Balaban J connectivity index is 2.12. The standard InChI is InChI=1S/C13H21N3O3S/c1-4-9(13(17)18-5-2)12-14-11(15-19-12)10-8-20-7-6-16(10)3/h9-10H,4-8H2,1-3H3. The highest BCUT2D eigenvalue weighted by Crippen LogP contribution is 2.28. The fourth-order valence-electron chi connectivity index (χ4n) is 2.17. The first-order valence-electron chi connectivity index (χ1n) is 6.95. The van der Waals surface area contributed by atoms with Crippen LogP contribution in [0.1, 0.15) is 43.9 Å². The van der Waals surface area contributed by atoms with Gasteiger partial charge in [0.2, 0.25) is 5.89 Å². The van der Waals surface area contributed by atoms with E-state index in [1.165, 1.54) is 0 Å². The first-order valence-corrected chi connectivity index (χ1v) is 8.10. The third kappa shape index (κ3) is 3.32. The van der Waals surface area contributed by atoms with Gasteiger partial charge in [0, 0.05) is 18.1 Å². The second-order valence-corrected chi connectivity index (χ2v) is 5.92. The number of hydrogen-bond donors (Lipinski definition) is 0. The van der Waals surface area contributed by atoms with Gasteiger partial charge in [-0.2, -0.15) is 16.7 Å². The highest BCUT2D eigenvalue weighted by Gasteiger charge is 2.30. The summed E-state index contributed by atoms with van der Waals surface area (Å²) in [4.78, 5) is 18.5. The first kappa shape index (κ1) is 15.3. The molecule has 1 aliphatic rings. The molecule has 0 spiro atoms. The Labute approximate surface area is 123 Å². The van der Waals surface area contributed by atoms with E-state index in [-0.39, 0.29) is 12.0 Å². The van der Waals surface area contributed by atoms with Gasteiger partial charge >= 0.3 is 5.97 Å². The van der Waals surface area contributed by atoms with Gasteiger partial charge < -0.3 is 9.26 Å². The minimum absolute atomic E-state index is 0.158. The van der Waals surface area contributed by atoms with Gasteiger partial charge in [-0.25, -0.2) is 0 Å². The van der Waals surface area contributed by atoms with Gasteiger partial charge in [0.05, 0.1) is 12.6 Å². The maximum absolute atomic E-state index is 11.9. The van der Waals surface area contributed by atoms with Crippen LogP contribution in [0.25, 0.3) is 0 Å². The van der Waals surface area contributed by atoms with E-state index < -0.39 is 5.92 Å². The first-order chi connectivity index (χ1) is 9.67. The summed E-state index contributed by atoms with van der Waals surface area (Å²) in [5, 5.41) is 4.05. The zero-order valence-corrected chi connectivity index (χ0v) is 13.0. The number of nitrogens with zero attached hydrogens (tertiary/aromatic N) is 3. The van der Waals surface area contributed by atoms with Gasteiger partial charge in [-0.15, -0.1) is 0 Å². The lowest BCUT2D eigenvalue weighted by atomic mass is 10.1. The topological polar surface area (TPSA) is 68.5 Å². The lowest BCUT2D eigenvalue weighted by molar-refractivity contribution is -0.145. The third-order valence-electron chi connectivity index (χ3n) is 3.43. The van der Waals surface area contributed by atoms with Gasteiger partial charge in [-0.05, 0) is 20.4 Å². The minimum atomic E-state index is -0.460. The summed E-state index contributed by atoms with van der Waals surface area (Å²) in [7, 11) is 2.06. The van der Waals surface area contributed by atoms with Crippen LogP contribution in [0, 0.1) is 0 Å². The number of carbonyl (C=O) groups is 1. The average molecular weight is 299 g/mol. The summed E-state index contributed by atoms with van der Waals surface area (Å²) >= 11 is 1.88. The molecule has 7 heteroatoms. The summed E-state index contributed by atoms with van der Waals surface area (Å²) in [6.45, 7) is 5.07. The molecule has 2 heterocycles. The molecule has 1 aromatic heterocycles. The maximum atomic E-state index is 11.9. The van der Waals surface area contributed by atoms with Crippen LogP contribution in [-0.2, 0) is 9.53 Å². The van der Waals surface area contributed by atoms with Crippen LogP contribution < -0.4 is 0 Å². The summed E-state index contributed by atoms with van der Waals surface area (Å²) in [6, 6.07) is 0.158. The van der Waals surface area contributed by atoms with Gasteiger partial charge in [0.25, 0.3) is 0 Å². The Morgan fingerprint density at radius 3 is 3.05 bits per heavy atom. The number of esters is 1. The van der Waals surface area contributed by atoms with E-state index in [1.807, 2.05) is 18.7 Å². The summed E-state index contributed by atoms with van der Waals surface area (Å²) in [6.07, 6.45) is 0.593. The zero-order chi connectivity index (χ0) is 14.5. The molecule has 6 nitrogen and oxygen atoms in total. The number of ether oxygens (including phenoxy) is 1. The summed E-state index contributed by atoms with van der Waals surface area (Å²) in [5.41, 5.74) is 0. The van der Waals surface area contributed by atoms with Crippen molar-refractivity contribution in [2.45, 2.75) is 32.2 Å². The van der Waals surface area contributed by atoms with Crippen LogP contribution in [-0.4, -0.2) is 52.7 Å². The Hall–Kier alpha value is -1.08. The number of hydrogen-bond acceptors (Lipinski definition) is 7. The van der Waals surface area contributed by atoms with Crippen molar-refractivity contribution in [2.75, 3.05) is 31.7 Å². The Morgan fingerprint density at radius 2 is 2.40 bits per heavy atom. The molecule has 2 rings (SSSR count). The third-order valence-corrected chi connectivity index (χ3v) is 4.45. The molecule has 2 atom stereocenters. The van der Waals surface area contributed by atoms with Crippen molar-refractivity contribution in [3.8, 4) is 0 Å². The molecular weight excluding hydrogens is 278 g/mol. The Morgan fingerprint density at radius 1 is 1.60 bits per heavy atom. The Kier molecular flexibility index (Phi) is 5.42. The number of rotatable bonds is 5. The second-order valence-electron chi connectivity index (χ2n) is 4.78. The van der Waals surface area contributed by atoms with Crippen molar-refractivity contribution in [1.29, 1.82) is 0 Å². The van der Waals surface area contributed by atoms with Gasteiger partial charge in [0.1, 0.15) is 5.92 Å². The van der Waals surface area contributed by atoms with Crippen LogP contribution >= 0.6 is 11.8 Å². The van der Waals surface area contributed by atoms with Crippen LogP contribution in [0.4, 0.5) is 0 Å². The van der Waals surface area contributed by atoms with Crippen LogP contribution in [0.15, 0.2) is 4.52 Å². The number of aromatic nitrogens is 2. The highest BCUT2D eigenvalue weighted by atomic mass is 32.2. The molecule has 0 aromatic carbocycles. The van der Waals surface area contributed by atoms with E-state index in [0.717, 1.165) is 18.1 Å². The zero-order valence-electron chi connectivity index (χ0n) is 12.2. The van der Waals surface area contributed by atoms with Crippen molar-refractivity contribution in [2.24, 2.45) is 0 Å². The molecule has 0 radical (unpaired) electrons. The second kappa shape index (κ2) is 7.08. The molecule has 0 N–H and O–H groups in total. The van der Waals surface area contributed by atoms with Crippen molar-refractivity contribution in [3.63, 3.8) is 0 Å². The molecule has 1 saturated heterocycles. The fourth-order valence-corrected chi connectivity index (χ4v) is 3.38. The number of carbonyl (C=O) groups excluding carboxylic acids is 1.